The minimum atomic E-state index is 0.811. The highest BCUT2D eigenvalue weighted by molar-refractivity contribution is 6.19. The lowest BCUT2D eigenvalue weighted by Gasteiger charge is -2.27. The number of nitrogens with zero attached hydrogens (tertiary/aromatic N) is 2. The first-order valence-corrected chi connectivity index (χ1v) is 15.6. The van der Waals surface area contributed by atoms with Gasteiger partial charge in [-0.05, 0) is 63.2 Å². The topological polar surface area (TPSA) is 29.3 Å². The number of rotatable bonds is 5. The van der Waals surface area contributed by atoms with Crippen molar-refractivity contribution in [2.75, 3.05) is 4.90 Å². The number of hydrogen-bond donors (Lipinski definition) is 0. The summed E-state index contributed by atoms with van der Waals surface area (Å²) in [7, 11) is 0. The monoisotopic (exact) mass is 588 g/mol. The number of hydrogen-bond acceptors (Lipinski definition) is 3. The van der Waals surface area contributed by atoms with Gasteiger partial charge in [0, 0.05) is 28.2 Å². The zero-order valence-electron chi connectivity index (χ0n) is 25.0. The Hall–Kier alpha value is -6.19. The van der Waals surface area contributed by atoms with Gasteiger partial charge in [-0.2, -0.15) is 0 Å². The molecule has 7 aromatic carbocycles. The second kappa shape index (κ2) is 10.8. The molecular weight excluding hydrogens is 560 g/mol. The fourth-order valence-corrected chi connectivity index (χ4v) is 6.77. The van der Waals surface area contributed by atoms with Crippen LogP contribution in [0.2, 0.25) is 0 Å². The number of anilines is 3. The maximum Gasteiger partial charge on any atom is 0.149 e. The van der Waals surface area contributed by atoms with Crippen molar-refractivity contribution in [1.29, 1.82) is 0 Å². The van der Waals surface area contributed by atoms with E-state index in [0.29, 0.717) is 0 Å². The van der Waals surface area contributed by atoms with Crippen LogP contribution in [0, 0.1) is 0 Å². The van der Waals surface area contributed by atoms with Crippen LogP contribution in [0.15, 0.2) is 174 Å². The van der Waals surface area contributed by atoms with E-state index in [0.717, 1.165) is 61.0 Å². The van der Waals surface area contributed by atoms with Crippen molar-refractivity contribution in [2.45, 2.75) is 0 Å². The molecule has 9 rings (SSSR count). The molecule has 0 aliphatic rings. The number of benzene rings is 7. The summed E-state index contributed by atoms with van der Waals surface area (Å²) in [6.45, 7) is 0. The van der Waals surface area contributed by atoms with Crippen LogP contribution < -0.4 is 4.90 Å². The maximum atomic E-state index is 6.59. The molecule has 3 nitrogen and oxygen atoms in total. The molecule has 0 radical (unpaired) electrons. The van der Waals surface area contributed by atoms with Crippen molar-refractivity contribution in [3.63, 3.8) is 0 Å². The van der Waals surface area contributed by atoms with Gasteiger partial charge in [0.1, 0.15) is 17.0 Å². The van der Waals surface area contributed by atoms with Gasteiger partial charge >= 0.3 is 0 Å². The SMILES string of the molecule is c1ccc(-c2ccccc2N(c2ccc(-c3cccc4ccccc34)cc2)c2nccc3oc4c5ccccc5ccc4c23)cc1. The summed E-state index contributed by atoms with van der Waals surface area (Å²) in [5.74, 6) is 0.827. The van der Waals surface area contributed by atoms with Crippen LogP contribution in [0.5, 0.6) is 0 Å². The van der Waals surface area contributed by atoms with Crippen molar-refractivity contribution in [1.82, 2.24) is 4.98 Å². The molecule has 0 fully saturated rings. The predicted molar refractivity (Wildman–Crippen MR) is 192 cm³/mol. The van der Waals surface area contributed by atoms with Gasteiger partial charge in [0.2, 0.25) is 0 Å². The molecule has 216 valence electrons. The van der Waals surface area contributed by atoms with Crippen molar-refractivity contribution < 1.29 is 4.42 Å². The second-order valence-electron chi connectivity index (χ2n) is 11.6. The summed E-state index contributed by atoms with van der Waals surface area (Å²) in [6, 6.07) is 57.7. The minimum Gasteiger partial charge on any atom is -0.455 e. The Balaban J connectivity index is 1.29. The largest absolute Gasteiger partial charge is 0.455 e. The molecule has 0 atom stereocenters. The van der Waals surface area contributed by atoms with E-state index in [2.05, 4.69) is 163 Å². The molecule has 2 heterocycles. The second-order valence-corrected chi connectivity index (χ2v) is 11.6. The fraction of sp³-hybridized carbons (Fsp3) is 0. The molecule has 9 aromatic rings. The Morgan fingerprint density at radius 1 is 0.457 bits per heavy atom. The Bertz CT molecular complexity index is 2530. The van der Waals surface area contributed by atoms with E-state index in [4.69, 9.17) is 9.40 Å². The molecule has 0 saturated carbocycles. The van der Waals surface area contributed by atoms with Crippen LogP contribution in [0.4, 0.5) is 17.2 Å². The lowest BCUT2D eigenvalue weighted by atomic mass is 9.97. The standard InChI is InChI=1S/C43H28N2O/c1-2-11-30(12-3-1)36-17-8-9-20-39(36)45(33-24-21-32(22-25-33)35-19-10-15-29-13-4-6-16-34(29)35)43-41-38-26-23-31-14-5-7-18-37(31)42(38)46-40(41)27-28-44-43/h1-28H. The summed E-state index contributed by atoms with van der Waals surface area (Å²) in [5.41, 5.74) is 8.40. The predicted octanol–water partition coefficient (Wildman–Crippen LogP) is 12.1. The molecule has 0 unspecified atom stereocenters. The van der Waals surface area contributed by atoms with Crippen LogP contribution in [0.25, 0.3) is 65.7 Å². The van der Waals surface area contributed by atoms with Crippen LogP contribution in [-0.4, -0.2) is 4.98 Å². The summed E-state index contributed by atoms with van der Waals surface area (Å²) in [4.78, 5) is 7.36. The zero-order valence-corrected chi connectivity index (χ0v) is 25.0. The van der Waals surface area contributed by atoms with Crippen LogP contribution >= 0.6 is 0 Å². The van der Waals surface area contributed by atoms with E-state index in [9.17, 15) is 0 Å². The molecule has 0 aliphatic heterocycles. The summed E-state index contributed by atoms with van der Waals surface area (Å²) >= 11 is 0. The van der Waals surface area contributed by atoms with Gasteiger partial charge in [-0.15, -0.1) is 0 Å². The highest BCUT2D eigenvalue weighted by atomic mass is 16.3. The third kappa shape index (κ3) is 4.25. The Labute approximate surface area is 266 Å². The highest BCUT2D eigenvalue weighted by Gasteiger charge is 2.23. The van der Waals surface area contributed by atoms with Gasteiger partial charge < -0.3 is 4.42 Å². The summed E-state index contributed by atoms with van der Waals surface area (Å²) < 4.78 is 6.59. The Morgan fingerprint density at radius 3 is 1.96 bits per heavy atom. The average molecular weight is 589 g/mol. The Kier molecular flexibility index (Phi) is 6.14. The van der Waals surface area contributed by atoms with E-state index in [1.165, 1.54) is 21.9 Å². The number of para-hydroxylation sites is 1. The molecule has 0 saturated heterocycles. The molecular formula is C43H28N2O. The third-order valence-corrected chi connectivity index (χ3v) is 8.92. The Morgan fingerprint density at radius 2 is 1.11 bits per heavy atom. The van der Waals surface area contributed by atoms with Crippen molar-refractivity contribution in [2.24, 2.45) is 0 Å². The maximum absolute atomic E-state index is 6.59. The van der Waals surface area contributed by atoms with Crippen molar-refractivity contribution >= 4 is 60.7 Å². The van der Waals surface area contributed by atoms with Crippen molar-refractivity contribution in [3.8, 4) is 22.3 Å². The van der Waals surface area contributed by atoms with E-state index in [-0.39, 0.29) is 0 Å². The zero-order chi connectivity index (χ0) is 30.5. The van der Waals surface area contributed by atoms with E-state index in [1.54, 1.807) is 0 Å². The van der Waals surface area contributed by atoms with Gasteiger partial charge in [0.05, 0.1) is 11.1 Å². The quantitative estimate of drug-likeness (QED) is 0.200. The van der Waals surface area contributed by atoms with E-state index >= 15 is 0 Å². The summed E-state index contributed by atoms with van der Waals surface area (Å²) in [5, 5.41) is 6.76. The van der Waals surface area contributed by atoms with Crippen LogP contribution in [-0.2, 0) is 0 Å². The molecule has 0 spiro atoms. The number of furan rings is 1. The molecule has 0 N–H and O–H groups in total. The van der Waals surface area contributed by atoms with E-state index in [1.807, 2.05) is 12.3 Å². The fourth-order valence-electron chi connectivity index (χ4n) is 6.77. The lowest BCUT2D eigenvalue weighted by molar-refractivity contribution is 0.672. The van der Waals surface area contributed by atoms with E-state index < -0.39 is 0 Å². The number of fused-ring (bicyclic) bond motifs is 6. The van der Waals surface area contributed by atoms with Gasteiger partial charge in [-0.1, -0.05) is 133 Å². The van der Waals surface area contributed by atoms with Crippen LogP contribution in [0.3, 0.4) is 0 Å². The molecule has 0 amide bonds. The molecule has 2 aromatic heterocycles. The highest BCUT2D eigenvalue weighted by Crippen LogP contribution is 2.46. The van der Waals surface area contributed by atoms with Gasteiger partial charge in [0.25, 0.3) is 0 Å². The van der Waals surface area contributed by atoms with Crippen LogP contribution in [0.1, 0.15) is 0 Å². The first kappa shape index (κ1) is 26.2. The minimum absolute atomic E-state index is 0.811. The molecule has 3 heteroatoms. The smallest absolute Gasteiger partial charge is 0.149 e. The number of pyridine rings is 1. The molecule has 46 heavy (non-hydrogen) atoms. The normalized spacial score (nSPS) is 11.5. The van der Waals surface area contributed by atoms with Gasteiger partial charge in [-0.3, -0.25) is 4.90 Å². The lowest BCUT2D eigenvalue weighted by Crippen LogP contribution is -2.13. The summed E-state index contributed by atoms with van der Waals surface area (Å²) in [6.07, 6.45) is 1.85. The van der Waals surface area contributed by atoms with Gasteiger partial charge in [0.15, 0.2) is 0 Å². The van der Waals surface area contributed by atoms with Gasteiger partial charge in [-0.25, -0.2) is 4.98 Å². The average Bonchev–Trinajstić information content (AvgIpc) is 3.53. The third-order valence-electron chi connectivity index (χ3n) is 8.92. The molecule has 0 aliphatic carbocycles. The number of aromatic nitrogens is 1. The first-order chi connectivity index (χ1) is 22.8. The van der Waals surface area contributed by atoms with Crippen molar-refractivity contribution in [3.05, 3.63) is 170 Å². The molecule has 0 bridgehead atoms. The first-order valence-electron chi connectivity index (χ1n) is 15.6.